The zero-order valence-corrected chi connectivity index (χ0v) is 15.8. The summed E-state index contributed by atoms with van der Waals surface area (Å²) in [6, 6.07) is 3.94. The summed E-state index contributed by atoms with van der Waals surface area (Å²) in [5.41, 5.74) is 0. The maximum Gasteiger partial charge on any atom is 0.193 e. The summed E-state index contributed by atoms with van der Waals surface area (Å²) in [5.74, 6) is 2.05. The summed E-state index contributed by atoms with van der Waals surface area (Å²) in [4.78, 5) is 7.07. The van der Waals surface area contributed by atoms with Gasteiger partial charge in [0.15, 0.2) is 5.96 Å². The van der Waals surface area contributed by atoms with Crippen molar-refractivity contribution in [2.75, 3.05) is 39.4 Å². The predicted octanol–water partition coefficient (Wildman–Crippen LogP) is 2.91. The number of furan rings is 1. The zero-order chi connectivity index (χ0) is 14.8. The quantitative estimate of drug-likeness (QED) is 0.304. The van der Waals surface area contributed by atoms with Crippen molar-refractivity contribution in [1.82, 2.24) is 10.2 Å². The van der Waals surface area contributed by atoms with E-state index < -0.39 is 0 Å². The lowest BCUT2D eigenvalue weighted by molar-refractivity contribution is 0.146. The number of hydrogen-bond acceptors (Lipinski definition) is 3. The van der Waals surface area contributed by atoms with Gasteiger partial charge in [0.2, 0.25) is 0 Å². The monoisotopic (exact) mass is 421 g/mol. The molecule has 0 amide bonds. The Kier molecular flexibility index (Phi) is 10.3. The number of nitrogens with zero attached hydrogens (tertiary/aromatic N) is 2. The van der Waals surface area contributed by atoms with Crippen molar-refractivity contribution in [2.45, 2.75) is 32.6 Å². The van der Waals surface area contributed by atoms with Crippen LogP contribution in [0.15, 0.2) is 27.8 Å². The fourth-order valence-corrected chi connectivity index (χ4v) is 2.44. The van der Waals surface area contributed by atoms with Crippen LogP contribution in [0.25, 0.3) is 0 Å². The zero-order valence-electron chi connectivity index (χ0n) is 13.4. The van der Waals surface area contributed by atoms with Crippen LogP contribution in [-0.4, -0.2) is 50.3 Å². The van der Waals surface area contributed by atoms with Crippen molar-refractivity contribution in [3.05, 3.63) is 24.2 Å². The van der Waals surface area contributed by atoms with E-state index in [1.807, 2.05) is 19.1 Å². The van der Waals surface area contributed by atoms with E-state index in [-0.39, 0.29) is 24.0 Å². The van der Waals surface area contributed by atoms with E-state index in [1.165, 1.54) is 12.8 Å². The Balaban J connectivity index is 0.00000242. The van der Waals surface area contributed by atoms with Crippen molar-refractivity contribution in [3.63, 3.8) is 0 Å². The molecule has 1 aliphatic heterocycles. The molecule has 22 heavy (non-hydrogen) atoms. The van der Waals surface area contributed by atoms with Crippen LogP contribution >= 0.6 is 24.0 Å². The number of ether oxygens (including phenoxy) is 1. The summed E-state index contributed by atoms with van der Waals surface area (Å²) in [7, 11) is 0. The van der Waals surface area contributed by atoms with Crippen molar-refractivity contribution >= 4 is 29.9 Å². The van der Waals surface area contributed by atoms with Crippen LogP contribution in [-0.2, 0) is 11.2 Å². The van der Waals surface area contributed by atoms with Gasteiger partial charge in [0, 0.05) is 45.8 Å². The van der Waals surface area contributed by atoms with Gasteiger partial charge >= 0.3 is 0 Å². The average Bonchev–Trinajstić information content (AvgIpc) is 3.18. The minimum absolute atomic E-state index is 0. The van der Waals surface area contributed by atoms with Crippen LogP contribution in [0, 0.1) is 0 Å². The summed E-state index contributed by atoms with van der Waals surface area (Å²) in [6.07, 6.45) is 6.11. The highest BCUT2D eigenvalue weighted by Crippen LogP contribution is 2.08. The minimum Gasteiger partial charge on any atom is -0.469 e. The predicted molar refractivity (Wildman–Crippen MR) is 100 cm³/mol. The molecule has 0 spiro atoms. The maximum atomic E-state index is 5.36. The molecule has 0 bridgehead atoms. The molecular formula is C16H28IN3O2. The first kappa shape index (κ1) is 19.3. The van der Waals surface area contributed by atoms with Crippen molar-refractivity contribution < 1.29 is 9.15 Å². The third kappa shape index (κ3) is 7.00. The number of nitrogens with one attached hydrogen (secondary N) is 1. The van der Waals surface area contributed by atoms with E-state index in [0.29, 0.717) is 0 Å². The maximum absolute atomic E-state index is 5.36. The lowest BCUT2D eigenvalue weighted by Crippen LogP contribution is -2.40. The molecule has 1 saturated heterocycles. The number of guanidine groups is 1. The second-order valence-electron chi connectivity index (χ2n) is 5.21. The Labute approximate surface area is 150 Å². The minimum atomic E-state index is 0. The summed E-state index contributed by atoms with van der Waals surface area (Å²) in [5, 5.41) is 3.47. The average molecular weight is 421 g/mol. The van der Waals surface area contributed by atoms with E-state index in [4.69, 9.17) is 14.1 Å². The molecule has 0 atom stereocenters. The van der Waals surface area contributed by atoms with Crippen molar-refractivity contribution in [2.24, 2.45) is 4.99 Å². The molecule has 1 aromatic rings. The van der Waals surface area contributed by atoms with Crippen LogP contribution in [0.5, 0.6) is 0 Å². The molecule has 6 heteroatoms. The first-order valence-corrected chi connectivity index (χ1v) is 8.03. The number of aliphatic imine (C=N–C) groups is 1. The van der Waals surface area contributed by atoms with Crippen LogP contribution in [0.1, 0.15) is 31.9 Å². The Bertz CT molecular complexity index is 404. The number of likely N-dealkylation sites (tertiary alicyclic amines) is 1. The molecule has 5 nitrogen and oxygen atoms in total. The second-order valence-corrected chi connectivity index (χ2v) is 5.21. The third-order valence-corrected chi connectivity index (χ3v) is 3.55. The molecule has 0 aromatic carbocycles. The molecule has 2 heterocycles. The second kappa shape index (κ2) is 11.8. The molecule has 2 rings (SSSR count). The van der Waals surface area contributed by atoms with Crippen LogP contribution in [0.4, 0.5) is 0 Å². The molecule has 1 aromatic heterocycles. The molecule has 1 N–H and O–H groups in total. The lowest BCUT2D eigenvalue weighted by atomic mass is 10.3. The van der Waals surface area contributed by atoms with Crippen LogP contribution in [0.3, 0.4) is 0 Å². The van der Waals surface area contributed by atoms with Gasteiger partial charge in [0.1, 0.15) is 5.76 Å². The molecule has 126 valence electrons. The van der Waals surface area contributed by atoms with E-state index in [2.05, 4.69) is 10.2 Å². The summed E-state index contributed by atoms with van der Waals surface area (Å²) in [6.45, 7) is 7.49. The van der Waals surface area contributed by atoms with Gasteiger partial charge in [-0.15, -0.1) is 24.0 Å². The van der Waals surface area contributed by atoms with E-state index >= 15 is 0 Å². The third-order valence-electron chi connectivity index (χ3n) is 3.55. The van der Waals surface area contributed by atoms with Gasteiger partial charge in [-0.1, -0.05) is 0 Å². The Morgan fingerprint density at radius 3 is 2.91 bits per heavy atom. The van der Waals surface area contributed by atoms with Gasteiger partial charge in [-0.2, -0.15) is 0 Å². The highest BCUT2D eigenvalue weighted by Gasteiger charge is 2.15. The highest BCUT2D eigenvalue weighted by molar-refractivity contribution is 14.0. The fraction of sp³-hybridized carbons (Fsp3) is 0.688. The van der Waals surface area contributed by atoms with Gasteiger partial charge in [0.25, 0.3) is 0 Å². The Morgan fingerprint density at radius 1 is 1.41 bits per heavy atom. The van der Waals surface area contributed by atoms with E-state index in [1.54, 1.807) is 6.26 Å². The number of rotatable bonds is 8. The molecular weight excluding hydrogens is 393 g/mol. The van der Waals surface area contributed by atoms with Gasteiger partial charge in [0.05, 0.1) is 6.26 Å². The lowest BCUT2D eigenvalue weighted by Gasteiger charge is -2.21. The molecule has 0 saturated carbocycles. The SMILES string of the molecule is CCOCCCN=C(NCCc1ccco1)N1CCCC1.I. The highest BCUT2D eigenvalue weighted by atomic mass is 127. The van der Waals surface area contributed by atoms with Gasteiger partial charge in [-0.3, -0.25) is 4.99 Å². The normalized spacial score (nSPS) is 15.0. The van der Waals surface area contributed by atoms with Crippen molar-refractivity contribution in [3.8, 4) is 0 Å². The van der Waals surface area contributed by atoms with E-state index in [0.717, 1.165) is 64.0 Å². The van der Waals surface area contributed by atoms with Gasteiger partial charge in [-0.25, -0.2) is 0 Å². The topological polar surface area (TPSA) is 50.0 Å². The van der Waals surface area contributed by atoms with Crippen molar-refractivity contribution in [1.29, 1.82) is 0 Å². The Morgan fingerprint density at radius 2 is 2.23 bits per heavy atom. The molecule has 1 fully saturated rings. The van der Waals surface area contributed by atoms with Crippen LogP contribution in [0.2, 0.25) is 0 Å². The largest absolute Gasteiger partial charge is 0.469 e. The number of hydrogen-bond donors (Lipinski definition) is 1. The van der Waals surface area contributed by atoms with Crippen LogP contribution < -0.4 is 5.32 Å². The van der Waals surface area contributed by atoms with Gasteiger partial charge < -0.3 is 19.4 Å². The fourth-order valence-electron chi connectivity index (χ4n) is 2.44. The summed E-state index contributed by atoms with van der Waals surface area (Å²) >= 11 is 0. The van der Waals surface area contributed by atoms with Gasteiger partial charge in [-0.05, 0) is 38.3 Å². The summed E-state index contributed by atoms with van der Waals surface area (Å²) < 4.78 is 10.7. The van der Waals surface area contributed by atoms with E-state index in [9.17, 15) is 0 Å². The molecule has 1 aliphatic rings. The number of halogens is 1. The molecule has 0 aliphatic carbocycles. The first-order valence-electron chi connectivity index (χ1n) is 8.03. The first-order chi connectivity index (χ1) is 10.4. The smallest absolute Gasteiger partial charge is 0.193 e. The Hall–Kier alpha value is -0.760. The molecule has 0 radical (unpaired) electrons. The standard InChI is InChI=1S/C16H27N3O2.HI/c1-2-20-13-6-9-17-16(19-11-3-4-12-19)18-10-8-15-7-5-14-21-15;/h5,7,14H,2-4,6,8-13H2,1H3,(H,17,18);1H. The molecule has 0 unspecified atom stereocenters.